The number of aromatic nitrogens is 3. The number of para-hydroxylation sites is 4. The zero-order chi connectivity index (χ0) is 59.6. The van der Waals surface area contributed by atoms with Crippen LogP contribution in [0.15, 0.2) is 211 Å². The molecule has 8 aromatic carbocycles. The largest absolute Gasteiger partial charge is 0.310 e. The molecule has 2 aliphatic carbocycles. The Balaban J connectivity index is 1.04. The van der Waals surface area contributed by atoms with Crippen molar-refractivity contribution in [2.75, 3.05) is 9.80 Å². The summed E-state index contributed by atoms with van der Waals surface area (Å²) < 4.78 is 0.894. The van der Waals surface area contributed by atoms with Crippen LogP contribution in [0.25, 0.3) is 55.9 Å². The average Bonchev–Trinajstić information content (AvgIpc) is 1.60. The van der Waals surface area contributed by atoms with E-state index in [4.69, 9.17) is 15.0 Å². The van der Waals surface area contributed by atoms with Gasteiger partial charge in [0.15, 0.2) is 5.65 Å². The van der Waals surface area contributed by atoms with Gasteiger partial charge in [0.25, 0.3) is 0 Å². The quantitative estimate of drug-likeness (QED) is 0.0457. The Morgan fingerprint density at radius 2 is 0.667 bits per heavy atom. The van der Waals surface area contributed by atoms with Gasteiger partial charge in [-0.05, 0) is 177 Å². The molecule has 2 heterocycles. The van der Waals surface area contributed by atoms with Gasteiger partial charge < -0.3 is 9.80 Å². The molecule has 0 bridgehead atoms. The first-order chi connectivity index (χ1) is 42.9. The Morgan fingerprint density at radius 3 is 1.02 bits per heavy atom. The normalized spacial score (nSPS) is 13.3. The molecule has 0 fully saturated rings. The topological polar surface area (TPSA) is 45.2 Å². The lowest BCUT2D eigenvalue weighted by Crippen LogP contribution is -2.26. The van der Waals surface area contributed by atoms with Crippen LogP contribution in [-0.2, 0) is 10.8 Å². The minimum atomic E-state index is -0.200. The lowest BCUT2D eigenvalue weighted by molar-refractivity contribution is 0.401. The number of hydrogen-bond donors (Lipinski definition) is 0. The Hall–Kier alpha value is -7.67. The SMILES string of the molecule is CCCCCCC1(CCCCCC)c2cc(-c3nc4cc(Br)cnc4nc3-c3ccc4c(c3)C(CCCCCC)(CCCCCC)c3cc(N(c5ccccc5)c5ccccc5)ccc3-4)ccc2-c2ccc(N(c3ccccc3)c3ccccc3)cc21. The van der Waals surface area contributed by atoms with E-state index in [2.05, 4.69) is 254 Å². The second-order valence-corrected chi connectivity index (χ2v) is 25.7. The molecule has 0 amide bonds. The maximum absolute atomic E-state index is 5.71. The molecule has 0 saturated carbocycles. The first-order valence-corrected chi connectivity index (χ1v) is 33.9. The summed E-state index contributed by atoms with van der Waals surface area (Å²) in [5.74, 6) is 0. The van der Waals surface area contributed by atoms with Crippen LogP contribution in [0, 0.1) is 0 Å². The fourth-order valence-electron chi connectivity index (χ4n) is 14.8. The predicted molar refractivity (Wildman–Crippen MR) is 373 cm³/mol. The highest BCUT2D eigenvalue weighted by Crippen LogP contribution is 2.59. The van der Waals surface area contributed by atoms with E-state index in [0.29, 0.717) is 5.65 Å². The second-order valence-electron chi connectivity index (χ2n) is 24.8. The van der Waals surface area contributed by atoms with Gasteiger partial charge in [-0.2, -0.15) is 0 Å². The van der Waals surface area contributed by atoms with Gasteiger partial charge in [0, 0.05) is 66.8 Å². The van der Waals surface area contributed by atoms with Gasteiger partial charge in [-0.1, -0.05) is 240 Å². The zero-order valence-electron chi connectivity index (χ0n) is 51.9. The standard InChI is InChI=1S/C81H86BrN5/c1-5-9-13-29-49-80(50-30-14-10-6-2)72-53-59(41-45-68(72)70-47-43-66(56-74(70)80)86(62-33-21-17-22-34-62)63-35-23-18-24-36-63)77-78(85-79-76(84-77)55-61(82)58-83-79)60-42-46-69-71-48-44-67(87(64-37-25-19-26-38-64)65-39-27-20-28-40-65)57-75(71)81(73(69)54-60,51-31-15-11-7-3)52-32-16-12-8-4/h17-28,33-48,53-58H,5-16,29-32,49-52H2,1-4H3. The summed E-state index contributed by atoms with van der Waals surface area (Å²) in [5, 5.41) is 0. The summed E-state index contributed by atoms with van der Waals surface area (Å²) in [7, 11) is 0. The Kier molecular flexibility index (Phi) is 18.9. The average molecular weight is 1210 g/mol. The van der Waals surface area contributed by atoms with Crippen molar-refractivity contribution in [1.82, 2.24) is 15.0 Å². The van der Waals surface area contributed by atoms with Crippen LogP contribution in [0.4, 0.5) is 34.1 Å². The van der Waals surface area contributed by atoms with Gasteiger partial charge in [-0.15, -0.1) is 0 Å². The molecule has 5 nitrogen and oxygen atoms in total. The predicted octanol–water partition coefficient (Wildman–Crippen LogP) is 24.5. The number of anilines is 6. The number of nitrogens with zero attached hydrogens (tertiary/aromatic N) is 5. The molecular formula is C81H86BrN5. The van der Waals surface area contributed by atoms with Gasteiger partial charge in [0.2, 0.25) is 0 Å². The van der Waals surface area contributed by atoms with Crippen molar-refractivity contribution in [2.45, 2.75) is 167 Å². The lowest BCUT2D eigenvalue weighted by atomic mass is 9.70. The first kappa shape index (κ1) is 59.7. The third-order valence-electron chi connectivity index (χ3n) is 19.1. The van der Waals surface area contributed by atoms with E-state index in [1.807, 2.05) is 6.20 Å². The minimum Gasteiger partial charge on any atom is -0.310 e. The smallest absolute Gasteiger partial charge is 0.178 e. The molecule has 87 heavy (non-hydrogen) atoms. The number of pyridine rings is 1. The first-order valence-electron chi connectivity index (χ1n) is 33.1. The monoisotopic (exact) mass is 1210 g/mol. The summed E-state index contributed by atoms with van der Waals surface area (Å²) in [6.07, 6.45) is 25.6. The molecule has 12 rings (SSSR count). The molecule has 2 aliphatic rings. The van der Waals surface area contributed by atoms with Crippen molar-refractivity contribution < 1.29 is 0 Å². The van der Waals surface area contributed by atoms with E-state index in [-0.39, 0.29) is 10.8 Å². The summed E-state index contributed by atoms with van der Waals surface area (Å²) in [4.78, 5) is 21.2. The van der Waals surface area contributed by atoms with Crippen molar-refractivity contribution in [1.29, 1.82) is 0 Å². The molecule has 0 radical (unpaired) electrons. The maximum Gasteiger partial charge on any atom is 0.178 e. The number of fused-ring (bicyclic) bond motifs is 7. The molecular weight excluding hydrogens is 1120 g/mol. The highest BCUT2D eigenvalue weighted by atomic mass is 79.9. The Morgan fingerprint density at radius 1 is 0.333 bits per heavy atom. The van der Waals surface area contributed by atoms with Crippen LogP contribution in [0.1, 0.15) is 178 Å². The molecule has 0 aliphatic heterocycles. The molecule has 10 aromatic rings. The second kappa shape index (κ2) is 27.6. The van der Waals surface area contributed by atoms with Gasteiger partial charge in [-0.25, -0.2) is 15.0 Å². The van der Waals surface area contributed by atoms with E-state index in [0.717, 1.165) is 80.9 Å². The fourth-order valence-corrected chi connectivity index (χ4v) is 15.1. The van der Waals surface area contributed by atoms with Crippen molar-refractivity contribution in [3.05, 3.63) is 233 Å². The molecule has 0 N–H and O–H groups in total. The molecule has 0 unspecified atom stereocenters. The summed E-state index contributed by atoms with van der Waals surface area (Å²) in [5.41, 5.74) is 23.2. The van der Waals surface area contributed by atoms with Crippen LogP contribution in [0.5, 0.6) is 0 Å². The highest BCUT2D eigenvalue weighted by Gasteiger charge is 2.45. The van der Waals surface area contributed by atoms with Crippen LogP contribution in [0.3, 0.4) is 0 Å². The zero-order valence-corrected chi connectivity index (χ0v) is 53.5. The van der Waals surface area contributed by atoms with Crippen molar-refractivity contribution >= 4 is 61.2 Å². The third-order valence-corrected chi connectivity index (χ3v) is 19.6. The van der Waals surface area contributed by atoms with Gasteiger partial charge >= 0.3 is 0 Å². The maximum atomic E-state index is 5.71. The van der Waals surface area contributed by atoms with Crippen molar-refractivity contribution in [3.63, 3.8) is 0 Å². The summed E-state index contributed by atoms with van der Waals surface area (Å²) in [6, 6.07) is 75.2. The number of rotatable bonds is 28. The number of unbranched alkanes of at least 4 members (excludes halogenated alkanes) is 12. The van der Waals surface area contributed by atoms with Crippen molar-refractivity contribution in [2.24, 2.45) is 0 Å². The van der Waals surface area contributed by atoms with Gasteiger partial charge in [0.1, 0.15) is 5.52 Å². The number of halogens is 1. The summed E-state index contributed by atoms with van der Waals surface area (Å²) in [6.45, 7) is 9.34. The van der Waals surface area contributed by atoms with Crippen LogP contribution in [-0.4, -0.2) is 15.0 Å². The molecule has 0 saturated heterocycles. The fraction of sp³-hybridized carbons (Fsp3) is 0.321. The number of benzene rings is 8. The lowest BCUT2D eigenvalue weighted by Gasteiger charge is -2.34. The molecule has 0 atom stereocenters. The van der Waals surface area contributed by atoms with E-state index >= 15 is 0 Å². The minimum absolute atomic E-state index is 0.198. The van der Waals surface area contributed by atoms with Crippen LogP contribution in [0.2, 0.25) is 0 Å². The Bertz CT molecular complexity index is 3810. The third kappa shape index (κ3) is 12.2. The van der Waals surface area contributed by atoms with E-state index in [9.17, 15) is 0 Å². The molecule has 0 spiro atoms. The van der Waals surface area contributed by atoms with Crippen LogP contribution >= 0.6 is 15.9 Å². The molecule has 6 heteroatoms. The Labute approximate surface area is 527 Å². The van der Waals surface area contributed by atoms with Gasteiger partial charge in [-0.3, -0.25) is 0 Å². The van der Waals surface area contributed by atoms with Crippen LogP contribution < -0.4 is 9.80 Å². The molecule has 442 valence electrons. The van der Waals surface area contributed by atoms with E-state index in [1.54, 1.807) is 0 Å². The van der Waals surface area contributed by atoms with Crippen molar-refractivity contribution in [3.8, 4) is 44.8 Å². The summed E-state index contributed by atoms with van der Waals surface area (Å²) >= 11 is 3.79. The number of hydrogen-bond acceptors (Lipinski definition) is 5. The van der Waals surface area contributed by atoms with E-state index < -0.39 is 0 Å². The molecule has 2 aromatic heterocycles. The highest BCUT2D eigenvalue weighted by molar-refractivity contribution is 9.10. The van der Waals surface area contributed by atoms with E-state index in [1.165, 1.54) is 159 Å². The van der Waals surface area contributed by atoms with Gasteiger partial charge in [0.05, 0.1) is 11.4 Å².